The Morgan fingerprint density at radius 3 is 2.31 bits per heavy atom. The van der Waals surface area contributed by atoms with Gasteiger partial charge in [-0.1, -0.05) is 18.2 Å². The van der Waals surface area contributed by atoms with E-state index in [9.17, 15) is 14.4 Å². The molecule has 6 rings (SSSR count). The molecule has 0 radical (unpaired) electrons. The van der Waals surface area contributed by atoms with Crippen LogP contribution >= 0.6 is 31.9 Å². The van der Waals surface area contributed by atoms with Crippen molar-refractivity contribution in [1.82, 2.24) is 19.7 Å². The van der Waals surface area contributed by atoms with Gasteiger partial charge in [-0.3, -0.25) is 14.6 Å². The molecule has 2 fully saturated rings. The summed E-state index contributed by atoms with van der Waals surface area (Å²) in [6.07, 6.45) is 7.24. The van der Waals surface area contributed by atoms with Crippen molar-refractivity contribution in [3.63, 3.8) is 0 Å². The summed E-state index contributed by atoms with van der Waals surface area (Å²) in [6, 6.07) is 15.5. The second kappa shape index (κ2) is 14.0. The first-order chi connectivity index (χ1) is 21.8. The fourth-order valence-electron chi connectivity index (χ4n) is 6.88. The molecule has 4 heterocycles. The maximum absolute atomic E-state index is 14.0. The van der Waals surface area contributed by atoms with E-state index in [1.54, 1.807) is 12.1 Å². The molecule has 1 aromatic heterocycles. The number of carbonyl (C=O) groups is 3. The maximum atomic E-state index is 14.0. The first-order valence-corrected chi connectivity index (χ1v) is 17.2. The minimum absolute atomic E-state index is 0.0134. The molecule has 3 aliphatic rings. The van der Waals surface area contributed by atoms with Crippen LogP contribution in [0.25, 0.3) is 0 Å². The zero-order valence-corrected chi connectivity index (χ0v) is 28.3. The fraction of sp³-hybridized carbons (Fsp3) is 0.412. The van der Waals surface area contributed by atoms with E-state index in [0.29, 0.717) is 65.1 Å². The van der Waals surface area contributed by atoms with Gasteiger partial charge in [0.25, 0.3) is 0 Å². The Morgan fingerprint density at radius 1 is 0.956 bits per heavy atom. The molecule has 45 heavy (non-hydrogen) atoms. The Bertz CT molecular complexity index is 1530. The second-order valence-corrected chi connectivity index (χ2v) is 14.0. The van der Waals surface area contributed by atoms with E-state index in [2.05, 4.69) is 59.2 Å². The van der Waals surface area contributed by atoms with Crippen LogP contribution in [0.1, 0.15) is 59.5 Å². The number of nitrogens with two attached hydrogens (primary N) is 1. The third kappa shape index (κ3) is 7.26. The number of rotatable bonds is 8. The standard InChI is InChI=1S/C34H38Br2N6O3/c35-28-17-25(18-29(36)32(28)37)33(44)26(20-40-13-7-23(8-14-40)22-5-11-38-12-6-22)19-31(43)41-15-9-27(10-16-41)42-21-24-3-1-2-4-30(24)39-34(42)45/h1-6,11-12,17-18,23,26-27H,7-10,13-16,19-21,37H2,(H,39,45)/t26-/m1/s1. The Balaban J connectivity index is 1.11. The smallest absolute Gasteiger partial charge is 0.322 e. The predicted molar refractivity (Wildman–Crippen MR) is 182 cm³/mol. The highest BCUT2D eigenvalue weighted by atomic mass is 79.9. The van der Waals surface area contributed by atoms with Crippen molar-refractivity contribution in [2.75, 3.05) is 43.8 Å². The molecule has 0 bridgehead atoms. The fourth-order valence-corrected chi connectivity index (χ4v) is 8.07. The molecule has 236 valence electrons. The summed E-state index contributed by atoms with van der Waals surface area (Å²) in [4.78, 5) is 50.8. The number of ketones is 1. The first kappa shape index (κ1) is 31.7. The number of fused-ring (bicyclic) bond motifs is 1. The lowest BCUT2D eigenvalue weighted by Crippen LogP contribution is -2.51. The summed E-state index contributed by atoms with van der Waals surface area (Å²) in [6.45, 7) is 3.95. The summed E-state index contributed by atoms with van der Waals surface area (Å²) in [5, 5.41) is 3.00. The van der Waals surface area contributed by atoms with Gasteiger partial charge >= 0.3 is 6.03 Å². The Kier molecular flexibility index (Phi) is 9.87. The number of nitrogens with one attached hydrogen (secondary N) is 1. The van der Waals surface area contributed by atoms with Crippen LogP contribution in [0.5, 0.6) is 0 Å². The van der Waals surface area contributed by atoms with Gasteiger partial charge in [0.15, 0.2) is 5.78 Å². The summed E-state index contributed by atoms with van der Waals surface area (Å²) in [7, 11) is 0. The molecular formula is C34H38Br2N6O3. The summed E-state index contributed by atoms with van der Waals surface area (Å²) >= 11 is 6.95. The van der Waals surface area contributed by atoms with Crippen molar-refractivity contribution in [2.24, 2.45) is 5.92 Å². The number of nitrogens with zero attached hydrogens (tertiary/aromatic N) is 4. The molecule has 9 nitrogen and oxygen atoms in total. The van der Waals surface area contributed by atoms with E-state index in [1.165, 1.54) is 5.56 Å². The Hall–Kier alpha value is -3.28. The SMILES string of the molecule is Nc1c(Br)cc(C(=O)[C@H](CC(=O)N2CCC(N3Cc4ccccc4NC3=O)CC2)CN2CCC(c3ccncc3)CC2)cc1Br. The first-order valence-electron chi connectivity index (χ1n) is 15.6. The summed E-state index contributed by atoms with van der Waals surface area (Å²) in [5.41, 5.74) is 10.4. The number of hydrogen-bond acceptors (Lipinski definition) is 6. The predicted octanol–water partition coefficient (Wildman–Crippen LogP) is 6.30. The third-order valence-corrected chi connectivity index (χ3v) is 10.8. The van der Waals surface area contributed by atoms with Crippen LogP contribution in [0.2, 0.25) is 0 Å². The van der Waals surface area contributed by atoms with Crippen molar-refractivity contribution in [1.29, 1.82) is 0 Å². The number of aromatic nitrogens is 1. The highest BCUT2D eigenvalue weighted by Crippen LogP contribution is 2.33. The molecule has 11 heteroatoms. The van der Waals surface area contributed by atoms with E-state index in [-0.39, 0.29) is 30.2 Å². The minimum Gasteiger partial charge on any atom is -0.397 e. The number of hydrogen-bond donors (Lipinski definition) is 2. The number of halogens is 2. The molecule has 1 atom stereocenters. The van der Waals surface area contributed by atoms with E-state index < -0.39 is 5.92 Å². The van der Waals surface area contributed by atoms with Crippen molar-refractivity contribution < 1.29 is 14.4 Å². The molecule has 3 N–H and O–H groups in total. The largest absolute Gasteiger partial charge is 0.397 e. The second-order valence-electron chi connectivity index (χ2n) is 12.3. The minimum atomic E-state index is -0.487. The lowest BCUT2D eigenvalue weighted by atomic mass is 9.88. The molecular weight excluding hydrogens is 700 g/mol. The molecule has 0 unspecified atom stereocenters. The number of benzene rings is 2. The monoisotopic (exact) mass is 736 g/mol. The van der Waals surface area contributed by atoms with Gasteiger partial charge in [0.2, 0.25) is 5.91 Å². The number of carbonyl (C=O) groups excluding carboxylic acids is 3. The molecule has 3 aliphatic heterocycles. The number of anilines is 2. The number of piperidine rings is 2. The average molecular weight is 739 g/mol. The highest BCUT2D eigenvalue weighted by molar-refractivity contribution is 9.11. The molecule has 0 aliphatic carbocycles. The van der Waals surface area contributed by atoms with Crippen molar-refractivity contribution in [3.05, 3.63) is 86.6 Å². The van der Waals surface area contributed by atoms with Crippen LogP contribution in [-0.2, 0) is 11.3 Å². The van der Waals surface area contributed by atoms with Gasteiger partial charge in [0, 0.05) is 77.1 Å². The van der Waals surface area contributed by atoms with Crippen LogP contribution in [0.15, 0.2) is 69.9 Å². The highest BCUT2D eigenvalue weighted by Gasteiger charge is 2.35. The quantitative estimate of drug-likeness (QED) is 0.208. The van der Waals surface area contributed by atoms with Crippen LogP contribution in [-0.4, -0.2) is 76.2 Å². The number of likely N-dealkylation sites (tertiary alicyclic amines) is 2. The summed E-state index contributed by atoms with van der Waals surface area (Å²) in [5.74, 6) is -0.0830. The normalized spacial score (nSPS) is 18.8. The number of para-hydroxylation sites is 1. The lowest BCUT2D eigenvalue weighted by molar-refractivity contribution is -0.133. The Morgan fingerprint density at radius 2 is 1.62 bits per heavy atom. The van der Waals surface area contributed by atoms with E-state index in [4.69, 9.17) is 5.73 Å². The van der Waals surface area contributed by atoms with Crippen LogP contribution < -0.4 is 11.1 Å². The zero-order valence-electron chi connectivity index (χ0n) is 25.1. The molecule has 3 amide bonds. The molecule has 2 saturated heterocycles. The topological polar surface area (TPSA) is 112 Å². The van der Waals surface area contributed by atoms with Gasteiger partial charge in [0.05, 0.1) is 5.69 Å². The molecule has 0 saturated carbocycles. The van der Waals surface area contributed by atoms with Gasteiger partial charge in [-0.05, 0) is 118 Å². The Labute approximate surface area is 280 Å². The van der Waals surface area contributed by atoms with E-state index in [0.717, 1.165) is 37.2 Å². The van der Waals surface area contributed by atoms with Gasteiger partial charge in [-0.15, -0.1) is 0 Å². The van der Waals surface area contributed by atoms with Crippen molar-refractivity contribution in [2.45, 2.75) is 50.6 Å². The van der Waals surface area contributed by atoms with Crippen molar-refractivity contribution >= 4 is 61.0 Å². The van der Waals surface area contributed by atoms with Crippen LogP contribution in [0.4, 0.5) is 16.2 Å². The lowest BCUT2D eigenvalue weighted by Gasteiger charge is -2.41. The summed E-state index contributed by atoms with van der Waals surface area (Å²) < 4.78 is 1.30. The van der Waals surface area contributed by atoms with E-state index >= 15 is 0 Å². The van der Waals surface area contributed by atoms with Gasteiger partial charge < -0.3 is 25.8 Å². The van der Waals surface area contributed by atoms with Gasteiger partial charge in [-0.25, -0.2) is 4.79 Å². The van der Waals surface area contributed by atoms with Crippen LogP contribution in [0.3, 0.4) is 0 Å². The molecule has 2 aromatic carbocycles. The zero-order chi connectivity index (χ0) is 31.5. The third-order valence-electron chi connectivity index (χ3n) is 9.52. The number of amides is 3. The van der Waals surface area contributed by atoms with E-state index in [1.807, 2.05) is 46.5 Å². The van der Waals surface area contributed by atoms with Gasteiger partial charge in [-0.2, -0.15) is 0 Å². The van der Waals surface area contributed by atoms with Gasteiger partial charge in [0.1, 0.15) is 0 Å². The molecule has 3 aromatic rings. The average Bonchev–Trinajstić information content (AvgIpc) is 3.06. The number of pyridine rings is 1. The van der Waals surface area contributed by atoms with Crippen LogP contribution in [0, 0.1) is 5.92 Å². The number of nitrogen functional groups attached to an aromatic ring is 1. The molecule has 0 spiro atoms. The maximum Gasteiger partial charge on any atom is 0.322 e. The number of urea groups is 1. The van der Waals surface area contributed by atoms with Crippen molar-refractivity contribution in [3.8, 4) is 0 Å². The number of Topliss-reactive ketones (excluding diaryl/α,β-unsaturated/α-hetero) is 1.